The monoisotopic (exact) mass is 515 g/mol. The van der Waals surface area contributed by atoms with Crippen molar-refractivity contribution in [2.45, 2.75) is 17.0 Å². The van der Waals surface area contributed by atoms with Gasteiger partial charge >= 0.3 is 0 Å². The number of benzene rings is 2. The molecule has 1 fully saturated rings. The first-order valence-corrected chi connectivity index (χ1v) is 13.3. The number of nitrogens with one attached hydrogen (secondary N) is 1. The molecule has 2 aromatic carbocycles. The van der Waals surface area contributed by atoms with E-state index in [0.29, 0.717) is 54.1 Å². The molecule has 35 heavy (non-hydrogen) atoms. The summed E-state index contributed by atoms with van der Waals surface area (Å²) in [6.07, 6.45) is 0. The van der Waals surface area contributed by atoms with Crippen molar-refractivity contribution < 1.29 is 22.7 Å². The van der Waals surface area contributed by atoms with Gasteiger partial charge in [0.2, 0.25) is 15.9 Å². The molecule has 0 saturated carbocycles. The first-order valence-electron chi connectivity index (χ1n) is 10.9. The number of nitrogens with zero attached hydrogens (tertiary/aromatic N) is 4. The Morgan fingerprint density at radius 3 is 2.31 bits per heavy atom. The highest BCUT2D eigenvalue weighted by molar-refractivity contribution is 7.99. The van der Waals surface area contributed by atoms with E-state index in [0.717, 1.165) is 0 Å². The number of carbonyl (C=O) groups excluding carboxylic acids is 2. The smallest absolute Gasteiger partial charge is 0.243 e. The number of thioether (sulfide) groups is 1. The molecule has 0 atom stereocenters. The minimum absolute atomic E-state index is 0.0371. The summed E-state index contributed by atoms with van der Waals surface area (Å²) in [5.41, 5.74) is 1.89. The van der Waals surface area contributed by atoms with Gasteiger partial charge in [-0.2, -0.15) is 4.31 Å². The molecule has 4 rings (SSSR count). The van der Waals surface area contributed by atoms with Crippen molar-refractivity contribution in [3.05, 3.63) is 54.1 Å². The molecule has 1 aromatic heterocycles. The first kappa shape index (κ1) is 25.0. The van der Waals surface area contributed by atoms with Gasteiger partial charge in [0.1, 0.15) is 0 Å². The summed E-state index contributed by atoms with van der Waals surface area (Å²) in [6, 6.07) is 13.2. The summed E-state index contributed by atoms with van der Waals surface area (Å²) < 4.78 is 34.0. The van der Waals surface area contributed by atoms with Crippen molar-refractivity contribution in [1.29, 1.82) is 0 Å². The van der Waals surface area contributed by atoms with Gasteiger partial charge in [-0.3, -0.25) is 9.59 Å². The minimum Gasteiger partial charge on any atom is -0.379 e. The lowest BCUT2D eigenvalue weighted by Crippen LogP contribution is -2.40. The molecule has 0 bridgehead atoms. The lowest BCUT2D eigenvalue weighted by atomic mass is 10.1. The van der Waals surface area contributed by atoms with E-state index in [4.69, 9.17) is 4.74 Å². The fraction of sp³-hybridized carbons (Fsp3) is 0.304. The number of amides is 1. The van der Waals surface area contributed by atoms with Gasteiger partial charge in [-0.25, -0.2) is 8.42 Å². The van der Waals surface area contributed by atoms with Crippen LogP contribution in [0.25, 0.3) is 11.4 Å². The molecule has 1 amide bonds. The first-order chi connectivity index (χ1) is 16.8. The second-order valence-electron chi connectivity index (χ2n) is 7.88. The van der Waals surface area contributed by atoms with Crippen molar-refractivity contribution in [2.24, 2.45) is 7.05 Å². The molecule has 1 aliphatic rings. The van der Waals surface area contributed by atoms with Gasteiger partial charge in [0.05, 0.1) is 23.9 Å². The zero-order valence-electron chi connectivity index (χ0n) is 19.3. The van der Waals surface area contributed by atoms with Crippen LogP contribution in [0.15, 0.2) is 58.6 Å². The summed E-state index contributed by atoms with van der Waals surface area (Å²) >= 11 is 1.23. The third-order valence-corrected chi connectivity index (χ3v) is 8.40. The summed E-state index contributed by atoms with van der Waals surface area (Å²) in [5, 5.41) is 11.7. The predicted molar refractivity (Wildman–Crippen MR) is 132 cm³/mol. The van der Waals surface area contributed by atoms with Gasteiger partial charge in [-0.15, -0.1) is 10.2 Å². The van der Waals surface area contributed by atoms with Gasteiger partial charge in [0.25, 0.3) is 0 Å². The molecule has 0 aliphatic carbocycles. The van der Waals surface area contributed by atoms with E-state index >= 15 is 0 Å². The Kier molecular flexibility index (Phi) is 7.65. The van der Waals surface area contributed by atoms with E-state index in [9.17, 15) is 18.0 Å². The number of rotatable bonds is 8. The highest BCUT2D eigenvalue weighted by Gasteiger charge is 2.26. The number of morpholine rings is 1. The second kappa shape index (κ2) is 10.7. The van der Waals surface area contributed by atoms with Crippen LogP contribution >= 0.6 is 11.8 Å². The van der Waals surface area contributed by atoms with E-state index < -0.39 is 10.0 Å². The fourth-order valence-electron chi connectivity index (χ4n) is 3.52. The lowest BCUT2D eigenvalue weighted by molar-refractivity contribution is -0.113. The topological polar surface area (TPSA) is 123 Å². The molecule has 10 nitrogen and oxygen atoms in total. The Labute approximate surface area is 207 Å². The Hall–Kier alpha value is -3.06. The van der Waals surface area contributed by atoms with Crippen LogP contribution in [0.4, 0.5) is 5.69 Å². The molecule has 184 valence electrons. The number of anilines is 1. The number of carbonyl (C=O) groups is 2. The lowest BCUT2D eigenvalue weighted by Gasteiger charge is -2.26. The van der Waals surface area contributed by atoms with Crippen molar-refractivity contribution >= 4 is 39.2 Å². The minimum atomic E-state index is -3.57. The summed E-state index contributed by atoms with van der Waals surface area (Å²) in [4.78, 5) is 23.9. The Bertz CT molecular complexity index is 1320. The molecule has 0 spiro atoms. The molecular formula is C23H25N5O5S2. The highest BCUT2D eigenvalue weighted by Crippen LogP contribution is 2.25. The third kappa shape index (κ3) is 5.78. The molecule has 12 heteroatoms. The van der Waals surface area contributed by atoms with E-state index in [1.165, 1.54) is 23.0 Å². The number of hydrogen-bond donors (Lipinski definition) is 1. The number of ether oxygens (including phenoxy) is 1. The van der Waals surface area contributed by atoms with Gasteiger partial charge in [0.15, 0.2) is 16.8 Å². The average molecular weight is 516 g/mol. The second-order valence-corrected chi connectivity index (χ2v) is 10.8. The van der Waals surface area contributed by atoms with Crippen molar-refractivity contribution in [3.8, 4) is 11.4 Å². The average Bonchev–Trinajstić information content (AvgIpc) is 3.23. The Morgan fingerprint density at radius 1 is 1.03 bits per heavy atom. The maximum Gasteiger partial charge on any atom is 0.243 e. The standard InChI is InChI=1S/C23H25N5O5S2/c1-16(29)17-3-7-19(8-4-17)24-21(30)15-34-23-26-25-22(27(23)2)18-5-9-20(10-6-18)35(31,32)28-11-13-33-14-12-28/h3-10H,11-15H2,1-2H3,(H,24,30). The van der Waals surface area contributed by atoms with Crippen LogP contribution in [0.3, 0.4) is 0 Å². The number of hydrogen-bond acceptors (Lipinski definition) is 8. The highest BCUT2D eigenvalue weighted by atomic mass is 32.2. The van der Waals surface area contributed by atoms with Crippen LogP contribution < -0.4 is 5.32 Å². The van der Waals surface area contributed by atoms with E-state index in [-0.39, 0.29) is 22.3 Å². The van der Waals surface area contributed by atoms with Gasteiger partial charge in [0, 0.05) is 37.0 Å². The van der Waals surface area contributed by atoms with E-state index in [2.05, 4.69) is 15.5 Å². The van der Waals surface area contributed by atoms with Gasteiger partial charge in [-0.1, -0.05) is 11.8 Å². The van der Waals surface area contributed by atoms with Crippen LogP contribution in [0.2, 0.25) is 0 Å². The Balaban J connectivity index is 1.38. The SMILES string of the molecule is CC(=O)c1ccc(NC(=O)CSc2nnc(-c3ccc(S(=O)(=O)N4CCOCC4)cc3)n2C)cc1. The van der Waals surface area contributed by atoms with Gasteiger partial charge in [-0.05, 0) is 55.5 Å². The molecule has 2 heterocycles. The summed E-state index contributed by atoms with van der Waals surface area (Å²) in [6.45, 7) is 2.94. The Morgan fingerprint density at radius 2 is 1.69 bits per heavy atom. The van der Waals surface area contributed by atoms with Crippen LogP contribution in [0.1, 0.15) is 17.3 Å². The quantitative estimate of drug-likeness (QED) is 0.358. The molecule has 1 aliphatic heterocycles. The molecule has 3 aromatic rings. The van der Waals surface area contributed by atoms with Crippen LogP contribution in [0, 0.1) is 0 Å². The zero-order chi connectivity index (χ0) is 25.0. The third-order valence-electron chi connectivity index (χ3n) is 5.46. The molecule has 1 N–H and O–H groups in total. The van der Waals surface area contributed by atoms with Crippen molar-refractivity contribution in [2.75, 3.05) is 37.4 Å². The molecular weight excluding hydrogens is 490 g/mol. The summed E-state index contributed by atoms with van der Waals surface area (Å²) in [7, 11) is -1.79. The van der Waals surface area contributed by atoms with E-state index in [1.807, 2.05) is 0 Å². The van der Waals surface area contributed by atoms with Crippen LogP contribution in [-0.4, -0.2) is 71.2 Å². The number of sulfonamides is 1. The van der Waals surface area contributed by atoms with Crippen LogP contribution in [-0.2, 0) is 26.6 Å². The van der Waals surface area contributed by atoms with Gasteiger partial charge < -0.3 is 14.6 Å². The zero-order valence-corrected chi connectivity index (χ0v) is 20.9. The number of Topliss-reactive ketones (excluding diaryl/α,β-unsaturated/α-hetero) is 1. The predicted octanol–water partition coefficient (Wildman–Crippen LogP) is 2.44. The van der Waals surface area contributed by atoms with Crippen molar-refractivity contribution in [3.63, 3.8) is 0 Å². The molecule has 0 unspecified atom stereocenters. The molecule has 0 radical (unpaired) electrons. The fourth-order valence-corrected chi connectivity index (χ4v) is 5.64. The maximum atomic E-state index is 12.8. The number of aromatic nitrogens is 3. The maximum absolute atomic E-state index is 12.8. The largest absolute Gasteiger partial charge is 0.379 e. The normalized spacial score (nSPS) is 14.6. The van der Waals surface area contributed by atoms with E-state index in [1.54, 1.807) is 60.1 Å². The number of ketones is 1. The summed E-state index contributed by atoms with van der Waals surface area (Å²) in [5.74, 6) is 0.428. The van der Waals surface area contributed by atoms with Crippen molar-refractivity contribution in [1.82, 2.24) is 19.1 Å². The molecule has 1 saturated heterocycles. The van der Waals surface area contributed by atoms with Crippen LogP contribution in [0.5, 0.6) is 0 Å².